The number of amides is 1. The molecular weight excluding hydrogens is 440 g/mol. The first-order chi connectivity index (χ1) is 12.1. The maximum absolute atomic E-state index is 12.1. The molecule has 128 valence electrons. The van der Waals surface area contributed by atoms with Gasteiger partial charge in [0.15, 0.2) is 5.13 Å². The Kier molecular flexibility index (Phi) is 6.53. The second kappa shape index (κ2) is 8.85. The molecule has 0 aliphatic carbocycles. The SMILES string of the molecule is O=C(CCSc1ccc(Cl)cc1)Nc1nc(-c2ccc(Br)cc2)cs1. The standard InChI is InChI=1S/C18H14BrClN2OS2/c19-13-3-1-12(2-4-13)16-11-25-18(21-16)22-17(23)9-10-24-15-7-5-14(20)6-8-15/h1-8,11H,9-10H2,(H,21,22,23). The van der Waals surface area contributed by atoms with E-state index in [1.807, 2.05) is 53.9 Å². The summed E-state index contributed by atoms with van der Waals surface area (Å²) in [5.74, 6) is 0.677. The van der Waals surface area contributed by atoms with Gasteiger partial charge >= 0.3 is 0 Å². The minimum absolute atomic E-state index is 0.0295. The molecule has 2 aromatic carbocycles. The highest BCUT2D eigenvalue weighted by molar-refractivity contribution is 9.10. The summed E-state index contributed by atoms with van der Waals surface area (Å²) < 4.78 is 1.03. The van der Waals surface area contributed by atoms with Crippen LogP contribution in [0.25, 0.3) is 11.3 Å². The van der Waals surface area contributed by atoms with Crippen molar-refractivity contribution in [1.29, 1.82) is 0 Å². The monoisotopic (exact) mass is 452 g/mol. The van der Waals surface area contributed by atoms with Crippen molar-refractivity contribution in [3.05, 3.63) is 63.4 Å². The van der Waals surface area contributed by atoms with Gasteiger partial charge in [-0.2, -0.15) is 0 Å². The number of thioether (sulfide) groups is 1. The van der Waals surface area contributed by atoms with Crippen molar-refractivity contribution < 1.29 is 4.79 Å². The largest absolute Gasteiger partial charge is 0.302 e. The van der Waals surface area contributed by atoms with E-state index >= 15 is 0 Å². The Morgan fingerprint density at radius 2 is 1.88 bits per heavy atom. The molecule has 1 N–H and O–H groups in total. The van der Waals surface area contributed by atoms with Crippen LogP contribution in [0.1, 0.15) is 6.42 Å². The van der Waals surface area contributed by atoms with E-state index in [0.29, 0.717) is 22.3 Å². The minimum atomic E-state index is -0.0295. The third kappa shape index (κ3) is 5.57. The van der Waals surface area contributed by atoms with E-state index in [0.717, 1.165) is 20.6 Å². The maximum atomic E-state index is 12.1. The fourth-order valence-corrected chi connectivity index (χ4v) is 4.04. The van der Waals surface area contributed by atoms with Crippen molar-refractivity contribution in [1.82, 2.24) is 4.98 Å². The summed E-state index contributed by atoms with van der Waals surface area (Å²) in [6.45, 7) is 0. The summed E-state index contributed by atoms with van der Waals surface area (Å²) in [6, 6.07) is 15.5. The van der Waals surface area contributed by atoms with Crippen molar-refractivity contribution in [2.45, 2.75) is 11.3 Å². The van der Waals surface area contributed by atoms with E-state index < -0.39 is 0 Å². The molecule has 3 nitrogen and oxygen atoms in total. The number of anilines is 1. The highest BCUT2D eigenvalue weighted by Gasteiger charge is 2.08. The third-order valence-corrected chi connectivity index (χ3v) is 5.85. The Hall–Kier alpha value is -1.34. The molecule has 25 heavy (non-hydrogen) atoms. The number of rotatable bonds is 6. The lowest BCUT2D eigenvalue weighted by Crippen LogP contribution is -2.11. The average Bonchev–Trinajstić information content (AvgIpc) is 3.06. The van der Waals surface area contributed by atoms with Gasteiger partial charge in [-0.05, 0) is 36.4 Å². The highest BCUT2D eigenvalue weighted by Crippen LogP contribution is 2.26. The number of aromatic nitrogens is 1. The zero-order valence-corrected chi connectivity index (χ0v) is 17.0. The number of nitrogens with zero attached hydrogens (tertiary/aromatic N) is 1. The zero-order valence-electron chi connectivity index (χ0n) is 13.0. The van der Waals surface area contributed by atoms with Crippen LogP contribution in [0.15, 0.2) is 63.3 Å². The Bertz CT molecular complexity index is 850. The molecule has 0 unspecified atom stereocenters. The number of nitrogens with one attached hydrogen (secondary N) is 1. The Morgan fingerprint density at radius 1 is 1.16 bits per heavy atom. The second-order valence-electron chi connectivity index (χ2n) is 5.15. The van der Waals surface area contributed by atoms with Crippen LogP contribution in [0, 0.1) is 0 Å². The van der Waals surface area contributed by atoms with Crippen LogP contribution >= 0.6 is 50.6 Å². The average molecular weight is 454 g/mol. The number of carbonyl (C=O) groups is 1. The van der Waals surface area contributed by atoms with Crippen molar-refractivity contribution in [2.75, 3.05) is 11.1 Å². The fraction of sp³-hybridized carbons (Fsp3) is 0.111. The quantitative estimate of drug-likeness (QED) is 0.442. The summed E-state index contributed by atoms with van der Waals surface area (Å²) in [5, 5.41) is 6.15. The van der Waals surface area contributed by atoms with Crippen molar-refractivity contribution in [3.63, 3.8) is 0 Å². The molecule has 0 saturated heterocycles. The van der Waals surface area contributed by atoms with Gasteiger partial charge in [-0.3, -0.25) is 4.79 Å². The minimum Gasteiger partial charge on any atom is -0.302 e. The number of halogens is 2. The summed E-state index contributed by atoms with van der Waals surface area (Å²) in [6.07, 6.45) is 0.431. The van der Waals surface area contributed by atoms with Gasteiger partial charge in [0.2, 0.25) is 5.91 Å². The van der Waals surface area contributed by atoms with Gasteiger partial charge in [-0.15, -0.1) is 23.1 Å². The first-order valence-corrected chi connectivity index (χ1v) is 10.5. The number of hydrogen-bond acceptors (Lipinski definition) is 4. The highest BCUT2D eigenvalue weighted by atomic mass is 79.9. The molecule has 0 atom stereocenters. The van der Waals surface area contributed by atoms with E-state index in [-0.39, 0.29) is 5.91 Å². The van der Waals surface area contributed by atoms with Crippen molar-refractivity contribution in [2.24, 2.45) is 0 Å². The molecule has 7 heteroatoms. The molecule has 0 fully saturated rings. The van der Waals surface area contributed by atoms with E-state index in [9.17, 15) is 4.79 Å². The molecule has 0 aliphatic heterocycles. The van der Waals surface area contributed by atoms with Gasteiger partial charge in [0.1, 0.15) is 0 Å². The normalized spacial score (nSPS) is 10.6. The van der Waals surface area contributed by atoms with Crippen LogP contribution in [0.3, 0.4) is 0 Å². The Morgan fingerprint density at radius 3 is 2.60 bits per heavy atom. The van der Waals surface area contributed by atoms with Crippen molar-refractivity contribution >= 4 is 61.7 Å². The van der Waals surface area contributed by atoms with Crippen LogP contribution in [0.5, 0.6) is 0 Å². The zero-order chi connectivity index (χ0) is 17.6. The fourth-order valence-electron chi connectivity index (χ4n) is 2.06. The number of thiazole rings is 1. The van der Waals surface area contributed by atoms with E-state index in [1.54, 1.807) is 11.8 Å². The lowest BCUT2D eigenvalue weighted by molar-refractivity contribution is -0.115. The Balaban J connectivity index is 1.49. The van der Waals surface area contributed by atoms with Gasteiger partial charge in [-0.25, -0.2) is 4.98 Å². The molecule has 0 saturated carbocycles. The number of benzene rings is 2. The second-order valence-corrected chi connectivity index (χ2v) is 8.52. The third-order valence-electron chi connectivity index (χ3n) is 3.30. The van der Waals surface area contributed by atoms with Crippen LogP contribution < -0.4 is 5.32 Å². The lowest BCUT2D eigenvalue weighted by Gasteiger charge is -2.03. The molecule has 1 amide bonds. The van der Waals surface area contributed by atoms with E-state index in [1.165, 1.54) is 11.3 Å². The smallest absolute Gasteiger partial charge is 0.226 e. The molecule has 0 spiro atoms. The van der Waals surface area contributed by atoms with Gasteiger partial charge < -0.3 is 5.32 Å². The first-order valence-electron chi connectivity index (χ1n) is 7.50. The Labute approximate surface area is 168 Å². The molecule has 1 aromatic heterocycles. The molecule has 1 heterocycles. The van der Waals surface area contributed by atoms with Crippen molar-refractivity contribution in [3.8, 4) is 11.3 Å². The molecule has 0 bridgehead atoms. The summed E-state index contributed by atoms with van der Waals surface area (Å²) in [4.78, 5) is 17.6. The van der Waals surface area contributed by atoms with Crippen LogP contribution in [0.2, 0.25) is 5.02 Å². The topological polar surface area (TPSA) is 42.0 Å². The van der Waals surface area contributed by atoms with Gasteiger partial charge in [0.25, 0.3) is 0 Å². The molecule has 3 rings (SSSR count). The predicted molar refractivity (Wildman–Crippen MR) is 111 cm³/mol. The van der Waals surface area contributed by atoms with Gasteiger partial charge in [0, 0.05) is 37.5 Å². The van der Waals surface area contributed by atoms with Gasteiger partial charge in [0.05, 0.1) is 5.69 Å². The predicted octanol–water partition coefficient (Wildman–Crippen LogP) is 6.35. The van der Waals surface area contributed by atoms with E-state index in [4.69, 9.17) is 11.6 Å². The molecule has 0 aliphatic rings. The molecular formula is C18H14BrClN2OS2. The lowest BCUT2D eigenvalue weighted by atomic mass is 10.2. The van der Waals surface area contributed by atoms with Crippen LogP contribution in [-0.2, 0) is 4.79 Å². The number of hydrogen-bond donors (Lipinski definition) is 1. The van der Waals surface area contributed by atoms with E-state index in [2.05, 4.69) is 26.2 Å². The first kappa shape index (κ1) is 18.5. The summed E-state index contributed by atoms with van der Waals surface area (Å²) in [7, 11) is 0. The number of carbonyl (C=O) groups excluding carboxylic acids is 1. The molecule has 3 aromatic rings. The molecule has 0 radical (unpaired) electrons. The van der Waals surface area contributed by atoms with Crippen LogP contribution in [0.4, 0.5) is 5.13 Å². The van der Waals surface area contributed by atoms with Crippen LogP contribution in [-0.4, -0.2) is 16.6 Å². The summed E-state index contributed by atoms with van der Waals surface area (Å²) in [5.41, 5.74) is 1.89. The van der Waals surface area contributed by atoms with Gasteiger partial charge in [-0.1, -0.05) is 39.7 Å². The maximum Gasteiger partial charge on any atom is 0.226 e. The summed E-state index contributed by atoms with van der Waals surface area (Å²) >= 11 is 12.3.